The first-order chi connectivity index (χ1) is 38.1. The van der Waals surface area contributed by atoms with Crippen molar-refractivity contribution in [3.63, 3.8) is 0 Å². The molecule has 426 valence electrons. The van der Waals surface area contributed by atoms with Gasteiger partial charge < -0.3 is 30.3 Å². The molecule has 0 spiro atoms. The maximum absolute atomic E-state index is 15.6. The van der Waals surface area contributed by atoms with Crippen molar-refractivity contribution in [3.05, 3.63) is 171 Å². The number of hydrogen-bond donors (Lipinski definition) is 6. The van der Waals surface area contributed by atoms with Gasteiger partial charge in [-0.1, -0.05) is 25.1 Å². The maximum atomic E-state index is 15.6. The fourth-order valence-electron chi connectivity index (χ4n) is 10.3. The Morgan fingerprint density at radius 3 is 1.25 bits per heavy atom. The quantitative estimate of drug-likeness (QED) is 0.0503. The molecule has 0 bridgehead atoms. The van der Waals surface area contributed by atoms with Gasteiger partial charge in [0.25, 0.3) is 16.7 Å². The number of rotatable bonds is 16. The molecule has 0 radical (unpaired) electrons. The fraction of sp³-hybridized carbons (Fsp3) is 0.353. The second-order valence-electron chi connectivity index (χ2n) is 19.8. The van der Waals surface area contributed by atoms with Gasteiger partial charge >= 0.3 is 18.5 Å². The summed E-state index contributed by atoms with van der Waals surface area (Å²) in [6.45, 7) is 0.564. The molecule has 0 amide bonds. The van der Waals surface area contributed by atoms with Crippen LogP contribution in [0.5, 0.6) is 0 Å². The second-order valence-corrected chi connectivity index (χ2v) is 19.8. The van der Waals surface area contributed by atoms with Gasteiger partial charge in [-0.25, -0.2) is 42.2 Å². The Kier molecular flexibility index (Phi) is 14.1. The molecule has 0 aliphatic heterocycles. The number of hydrogen-bond acceptors (Lipinski definition) is 12. The summed E-state index contributed by atoms with van der Waals surface area (Å²) in [7, 11) is 0. The zero-order valence-electron chi connectivity index (χ0n) is 41.9. The second kappa shape index (κ2) is 20.4. The van der Waals surface area contributed by atoms with Crippen LogP contribution >= 0.6 is 0 Å². The first kappa shape index (κ1) is 56.0. The molecule has 6 heterocycles. The minimum absolute atomic E-state index is 0.0213. The van der Waals surface area contributed by atoms with E-state index in [4.69, 9.17) is 0 Å². The molecule has 1 aliphatic rings. The van der Waals surface area contributed by atoms with Crippen LogP contribution in [-0.2, 0) is 51.2 Å². The van der Waals surface area contributed by atoms with Gasteiger partial charge in [0.05, 0.1) is 54.6 Å². The van der Waals surface area contributed by atoms with Crippen LogP contribution in [0.1, 0.15) is 119 Å². The number of aromatic nitrogens is 12. The van der Waals surface area contributed by atoms with E-state index in [1.807, 2.05) is 0 Å². The van der Waals surface area contributed by atoms with Crippen molar-refractivity contribution in [2.75, 3.05) is 0 Å². The lowest BCUT2D eigenvalue weighted by atomic mass is 9.91. The number of aliphatic hydroxyl groups excluding tert-OH is 3. The molecule has 1 aliphatic carbocycles. The summed E-state index contributed by atoms with van der Waals surface area (Å²) < 4.78 is 174. The van der Waals surface area contributed by atoms with Crippen LogP contribution in [0.15, 0.2) is 69.0 Å². The summed E-state index contributed by atoms with van der Waals surface area (Å²) in [6, 6.07) is 2.39. The van der Waals surface area contributed by atoms with E-state index in [1.165, 1.54) is 11.6 Å². The third-order valence-electron chi connectivity index (χ3n) is 14.4. The van der Waals surface area contributed by atoms with Gasteiger partial charge in [0.2, 0.25) is 0 Å². The summed E-state index contributed by atoms with van der Waals surface area (Å²) in [4.78, 5) is 62.3. The number of aromatic amines is 3. The van der Waals surface area contributed by atoms with Crippen LogP contribution in [0.2, 0.25) is 0 Å². The molecular formula is C51H42F12N12O6. The monoisotopic (exact) mass is 1150 g/mol. The highest BCUT2D eigenvalue weighted by Gasteiger charge is 2.49. The summed E-state index contributed by atoms with van der Waals surface area (Å²) in [5, 5.41) is 43.4. The molecule has 9 aromatic rings. The number of alkyl halides is 9. The fourth-order valence-corrected chi connectivity index (χ4v) is 10.3. The van der Waals surface area contributed by atoms with E-state index in [0.29, 0.717) is 49.2 Å². The Labute approximate surface area is 444 Å². The predicted octanol–water partition coefficient (Wildman–Crippen LogP) is 8.08. The molecule has 18 nitrogen and oxygen atoms in total. The van der Waals surface area contributed by atoms with Gasteiger partial charge in [0, 0.05) is 12.8 Å². The van der Waals surface area contributed by atoms with Crippen LogP contribution < -0.4 is 16.7 Å². The van der Waals surface area contributed by atoms with Crippen LogP contribution in [0.4, 0.5) is 52.7 Å². The molecule has 3 unspecified atom stereocenters. The molecule has 1 saturated carbocycles. The topological polar surface area (TPSA) is 251 Å². The predicted molar refractivity (Wildman–Crippen MR) is 260 cm³/mol. The van der Waals surface area contributed by atoms with Crippen molar-refractivity contribution in [2.24, 2.45) is 5.41 Å². The van der Waals surface area contributed by atoms with E-state index >= 15 is 13.2 Å². The van der Waals surface area contributed by atoms with Gasteiger partial charge in [-0.2, -0.15) is 54.8 Å². The van der Waals surface area contributed by atoms with Gasteiger partial charge in [0.1, 0.15) is 68.2 Å². The standard InChI is InChI=1S/C51H42F12N12O6/c1-21-64-42-38(45(79)65-21)31(18-76)70-73(42)34(22-3-6-25(28(52)15-22)49(55,56)57)9-11-36-66-43-39(46(80)68-36)32(19-77)71-74(43)35(23-4-7-26(29(53)16-23)50(58,59)60)10-12-37-67-44-40(47(81)69-37)33(20-78)72-75(44)41(48(2)13-14-48)24-5-8-27(30(54)17-24)51(61,62)63/h3-8,15-17,34-35,41,76-78H,9-14,18-20H2,1-2H3,(H,64,65,79)(H,66,68,80)(H,67,69,81). The van der Waals surface area contributed by atoms with E-state index in [2.05, 4.69) is 45.2 Å². The normalized spacial score (nSPS) is 15.1. The molecule has 30 heteroatoms. The minimum Gasteiger partial charge on any atom is -0.390 e. The summed E-state index contributed by atoms with van der Waals surface area (Å²) >= 11 is 0. The number of fused-ring (bicyclic) bond motifs is 3. The van der Waals surface area contributed by atoms with E-state index in [0.717, 1.165) is 27.6 Å². The number of halogens is 12. The first-order valence-electron chi connectivity index (χ1n) is 24.5. The lowest BCUT2D eigenvalue weighted by Crippen LogP contribution is -2.23. The zero-order valence-corrected chi connectivity index (χ0v) is 41.9. The zero-order chi connectivity index (χ0) is 58.4. The van der Waals surface area contributed by atoms with Crippen LogP contribution in [0.3, 0.4) is 0 Å². The number of aliphatic hydroxyl groups is 3. The Morgan fingerprint density at radius 1 is 0.531 bits per heavy atom. The highest BCUT2D eigenvalue weighted by molar-refractivity contribution is 5.79. The average Bonchev–Trinajstić information content (AvgIpc) is 3.69. The third kappa shape index (κ3) is 10.3. The molecule has 6 N–H and O–H groups in total. The van der Waals surface area contributed by atoms with Crippen molar-refractivity contribution < 1.29 is 68.0 Å². The highest BCUT2D eigenvalue weighted by Crippen LogP contribution is 2.57. The van der Waals surface area contributed by atoms with Gasteiger partial charge in [0.15, 0.2) is 16.9 Å². The summed E-state index contributed by atoms with van der Waals surface area (Å²) in [5.41, 5.74) is -9.99. The maximum Gasteiger partial charge on any atom is 0.419 e. The molecule has 3 atom stereocenters. The van der Waals surface area contributed by atoms with Crippen molar-refractivity contribution in [1.82, 2.24) is 59.2 Å². The number of aryl methyl sites for hydroxylation is 3. The molecule has 3 aromatic carbocycles. The Hall–Kier alpha value is -8.25. The van der Waals surface area contributed by atoms with E-state index in [1.54, 1.807) is 6.92 Å². The third-order valence-corrected chi connectivity index (χ3v) is 14.4. The van der Waals surface area contributed by atoms with Crippen LogP contribution in [-0.4, -0.2) is 74.6 Å². The van der Waals surface area contributed by atoms with Gasteiger partial charge in [-0.15, -0.1) is 0 Å². The van der Waals surface area contributed by atoms with Crippen LogP contribution in [0, 0.1) is 29.8 Å². The Bertz CT molecular complexity index is 4140. The largest absolute Gasteiger partial charge is 0.419 e. The molecular weight excluding hydrogens is 1100 g/mol. The first-order valence-corrected chi connectivity index (χ1v) is 24.5. The SMILES string of the molecule is Cc1nc2c(c(CO)nn2C(CCc2nc3c(c(CO)nn3C(CCc3nc4c(c(CO)nn4C(c4ccc(C(F)(F)F)c(F)c4)C4(C)CC4)c(=O)[nH]3)c3ccc(C(F)(F)F)c(F)c3)c(=O)[nH]2)c2ccc(C(F)(F)F)c(F)c2)c(=O)[nH]1. The minimum atomic E-state index is -5.17. The van der Waals surface area contributed by atoms with Crippen molar-refractivity contribution in [1.29, 1.82) is 0 Å². The van der Waals surface area contributed by atoms with E-state index in [9.17, 15) is 69.2 Å². The summed E-state index contributed by atoms with van der Waals surface area (Å²) in [6.07, 6.45) is -15.8. The van der Waals surface area contributed by atoms with Crippen molar-refractivity contribution >= 4 is 33.1 Å². The molecule has 81 heavy (non-hydrogen) atoms. The van der Waals surface area contributed by atoms with Crippen LogP contribution in [0.25, 0.3) is 33.1 Å². The van der Waals surface area contributed by atoms with Gasteiger partial charge in [-0.05, 0) is 91.1 Å². The van der Waals surface area contributed by atoms with Crippen molar-refractivity contribution in [2.45, 2.75) is 109 Å². The molecule has 1 fully saturated rings. The highest BCUT2D eigenvalue weighted by atomic mass is 19.4. The summed E-state index contributed by atoms with van der Waals surface area (Å²) in [5.74, 6) is -5.35. The molecule has 6 aromatic heterocycles. The lowest BCUT2D eigenvalue weighted by Gasteiger charge is -2.26. The van der Waals surface area contributed by atoms with E-state index in [-0.39, 0.29) is 110 Å². The number of nitrogens with zero attached hydrogens (tertiary/aromatic N) is 9. The number of H-pyrrole nitrogens is 3. The number of benzene rings is 3. The molecule has 0 saturated heterocycles. The Balaban J connectivity index is 1.08. The van der Waals surface area contributed by atoms with Gasteiger partial charge in [-0.3, -0.25) is 14.4 Å². The number of nitrogens with one attached hydrogen (secondary N) is 3. The van der Waals surface area contributed by atoms with Crippen molar-refractivity contribution in [3.8, 4) is 0 Å². The van der Waals surface area contributed by atoms with E-state index < -0.39 is 113 Å². The smallest absolute Gasteiger partial charge is 0.390 e. The Morgan fingerprint density at radius 2 is 0.877 bits per heavy atom. The molecule has 10 rings (SSSR count). The average molecular weight is 1150 g/mol. The lowest BCUT2D eigenvalue weighted by molar-refractivity contribution is -0.140.